The van der Waals surface area contributed by atoms with Gasteiger partial charge in [0, 0.05) is 10.9 Å². The molecule has 1 atom stereocenters. The van der Waals surface area contributed by atoms with Crippen LogP contribution in [0.2, 0.25) is 5.28 Å². The van der Waals surface area contributed by atoms with Gasteiger partial charge in [0.05, 0.1) is 23.0 Å². The predicted molar refractivity (Wildman–Crippen MR) is 95.4 cm³/mol. The van der Waals surface area contributed by atoms with E-state index in [1.807, 2.05) is 19.2 Å². The fourth-order valence-corrected chi connectivity index (χ4v) is 3.89. The van der Waals surface area contributed by atoms with Crippen molar-refractivity contribution in [2.75, 3.05) is 12.4 Å². The molecule has 122 valence electrons. The lowest BCUT2D eigenvalue weighted by molar-refractivity contribution is 0.518. The third-order valence-electron chi connectivity index (χ3n) is 3.83. The molecule has 0 aliphatic heterocycles. The van der Waals surface area contributed by atoms with Crippen LogP contribution in [0.1, 0.15) is 23.1 Å². The number of nitrogens with zero attached hydrogens (tertiary/aromatic N) is 2. The zero-order valence-corrected chi connectivity index (χ0v) is 14.9. The van der Waals surface area contributed by atoms with Gasteiger partial charge in [-0.05, 0) is 56.6 Å². The highest BCUT2D eigenvalue weighted by molar-refractivity contribution is 7.19. The Kier molecular flexibility index (Phi) is 4.84. The lowest BCUT2D eigenvalue weighted by Crippen LogP contribution is -2.23. The molecule has 0 radical (unpaired) electrons. The van der Waals surface area contributed by atoms with Crippen molar-refractivity contribution in [3.63, 3.8) is 0 Å². The van der Waals surface area contributed by atoms with Gasteiger partial charge < -0.3 is 15.1 Å². The van der Waals surface area contributed by atoms with Gasteiger partial charge in [-0.2, -0.15) is 4.98 Å². The maximum atomic E-state index is 6.11. The molecule has 5 nitrogen and oxygen atoms in total. The summed E-state index contributed by atoms with van der Waals surface area (Å²) in [6, 6.07) is 4.20. The highest BCUT2D eigenvalue weighted by Gasteiger charge is 2.17. The Morgan fingerprint density at radius 3 is 2.91 bits per heavy atom. The Bertz CT molecular complexity index is 800. The molecule has 3 aromatic heterocycles. The minimum absolute atomic E-state index is 0.258. The fraction of sp³-hybridized carbons (Fsp3) is 0.375. The van der Waals surface area contributed by atoms with Crippen LogP contribution in [0.25, 0.3) is 10.2 Å². The van der Waals surface area contributed by atoms with Crippen LogP contribution in [0.15, 0.2) is 22.8 Å². The average Bonchev–Trinajstić information content (AvgIpc) is 3.15. The van der Waals surface area contributed by atoms with Gasteiger partial charge in [-0.1, -0.05) is 0 Å². The normalized spacial score (nSPS) is 12.7. The number of thiophene rings is 1. The van der Waals surface area contributed by atoms with E-state index in [1.165, 1.54) is 10.4 Å². The highest BCUT2D eigenvalue weighted by Crippen LogP contribution is 2.35. The summed E-state index contributed by atoms with van der Waals surface area (Å²) in [5.74, 6) is 1.61. The molecule has 3 aromatic rings. The quantitative estimate of drug-likeness (QED) is 0.658. The third-order valence-corrected chi connectivity index (χ3v) is 5.31. The van der Waals surface area contributed by atoms with Gasteiger partial charge in [0.2, 0.25) is 5.28 Å². The number of halogens is 1. The zero-order chi connectivity index (χ0) is 16.4. The Hall–Kier alpha value is -1.63. The number of aryl methyl sites for hydroxylation is 1. The van der Waals surface area contributed by atoms with E-state index in [4.69, 9.17) is 16.0 Å². The van der Waals surface area contributed by atoms with E-state index in [9.17, 15) is 0 Å². The summed E-state index contributed by atoms with van der Waals surface area (Å²) in [5.41, 5.74) is 2.10. The second-order valence-corrected chi connectivity index (χ2v) is 6.94. The molecule has 2 N–H and O–H groups in total. The molecule has 0 saturated carbocycles. The van der Waals surface area contributed by atoms with Crippen molar-refractivity contribution in [1.82, 2.24) is 15.3 Å². The number of rotatable bonds is 6. The molecule has 0 saturated heterocycles. The molecule has 0 fully saturated rings. The maximum absolute atomic E-state index is 6.11. The summed E-state index contributed by atoms with van der Waals surface area (Å²) < 4.78 is 6.39. The summed E-state index contributed by atoms with van der Waals surface area (Å²) >= 11 is 7.83. The molecule has 3 rings (SSSR count). The summed E-state index contributed by atoms with van der Waals surface area (Å²) in [6.45, 7) is 4.82. The largest absolute Gasteiger partial charge is 0.467 e. The number of hydrogen-bond acceptors (Lipinski definition) is 6. The standard InChI is InChI=1S/C16H19ClN4OS/c1-9(18-3)7-12-10(2)13-14(23-12)15(21-16(17)20-13)19-8-11-5-4-6-22-11/h4-6,9,18H,7-8H2,1-3H3,(H,19,20,21)/t9-/m0/s1. The molecular weight excluding hydrogens is 332 g/mol. The van der Waals surface area contributed by atoms with Crippen LogP contribution in [-0.2, 0) is 13.0 Å². The Morgan fingerprint density at radius 2 is 2.22 bits per heavy atom. The molecular formula is C16H19ClN4OS. The van der Waals surface area contributed by atoms with Gasteiger partial charge in [0.1, 0.15) is 11.6 Å². The number of hydrogen-bond donors (Lipinski definition) is 2. The number of likely N-dealkylation sites (N-methyl/N-ethyl adjacent to an activating group) is 1. The molecule has 0 bridgehead atoms. The van der Waals surface area contributed by atoms with Gasteiger partial charge in [0.15, 0.2) is 0 Å². The van der Waals surface area contributed by atoms with Gasteiger partial charge in [-0.15, -0.1) is 11.3 Å². The maximum Gasteiger partial charge on any atom is 0.224 e. The van der Waals surface area contributed by atoms with E-state index < -0.39 is 0 Å². The number of nitrogens with one attached hydrogen (secondary N) is 2. The van der Waals surface area contributed by atoms with E-state index in [1.54, 1.807) is 17.6 Å². The summed E-state index contributed by atoms with van der Waals surface area (Å²) in [5, 5.41) is 6.83. The monoisotopic (exact) mass is 350 g/mol. The van der Waals surface area contributed by atoms with Crippen LogP contribution >= 0.6 is 22.9 Å². The smallest absolute Gasteiger partial charge is 0.224 e. The second-order valence-electron chi connectivity index (χ2n) is 5.50. The van der Waals surface area contributed by atoms with Crippen LogP contribution in [0, 0.1) is 6.92 Å². The van der Waals surface area contributed by atoms with Crippen molar-refractivity contribution < 1.29 is 4.42 Å². The van der Waals surface area contributed by atoms with Crippen molar-refractivity contribution >= 4 is 39.0 Å². The van der Waals surface area contributed by atoms with Crippen molar-refractivity contribution in [1.29, 1.82) is 0 Å². The van der Waals surface area contributed by atoms with Crippen LogP contribution in [0.3, 0.4) is 0 Å². The van der Waals surface area contributed by atoms with Gasteiger partial charge in [-0.3, -0.25) is 0 Å². The Labute approximate surface area is 144 Å². The zero-order valence-electron chi connectivity index (χ0n) is 13.3. The van der Waals surface area contributed by atoms with E-state index in [-0.39, 0.29) is 5.28 Å². The minimum Gasteiger partial charge on any atom is -0.467 e. The number of furan rings is 1. The molecule has 0 aliphatic carbocycles. The molecule has 0 unspecified atom stereocenters. The first-order valence-corrected chi connectivity index (χ1v) is 8.67. The summed E-state index contributed by atoms with van der Waals surface area (Å²) in [6.07, 6.45) is 2.62. The van der Waals surface area contributed by atoms with E-state index in [2.05, 4.69) is 34.4 Å². The topological polar surface area (TPSA) is 63.0 Å². The number of fused-ring (bicyclic) bond motifs is 1. The van der Waals surface area contributed by atoms with Crippen molar-refractivity contribution in [3.05, 3.63) is 39.9 Å². The van der Waals surface area contributed by atoms with E-state index >= 15 is 0 Å². The van der Waals surface area contributed by atoms with E-state index in [0.717, 1.165) is 28.2 Å². The van der Waals surface area contributed by atoms with Crippen molar-refractivity contribution in [2.45, 2.75) is 32.9 Å². The van der Waals surface area contributed by atoms with Crippen LogP contribution in [0.5, 0.6) is 0 Å². The van der Waals surface area contributed by atoms with Gasteiger partial charge in [-0.25, -0.2) is 4.98 Å². The average molecular weight is 351 g/mol. The minimum atomic E-state index is 0.258. The van der Waals surface area contributed by atoms with Gasteiger partial charge in [0.25, 0.3) is 0 Å². The number of aromatic nitrogens is 2. The predicted octanol–water partition coefficient (Wildman–Crippen LogP) is 4.01. The SMILES string of the molecule is CN[C@@H](C)Cc1sc2c(NCc3ccco3)nc(Cl)nc2c1C. The van der Waals surface area contributed by atoms with E-state index in [0.29, 0.717) is 12.6 Å². The molecule has 23 heavy (non-hydrogen) atoms. The molecule has 3 heterocycles. The van der Waals surface area contributed by atoms with Gasteiger partial charge >= 0.3 is 0 Å². The third kappa shape index (κ3) is 3.49. The first kappa shape index (κ1) is 16.2. The highest BCUT2D eigenvalue weighted by atomic mass is 35.5. The first-order chi connectivity index (χ1) is 11.1. The Morgan fingerprint density at radius 1 is 1.39 bits per heavy atom. The fourth-order valence-electron chi connectivity index (χ4n) is 2.38. The second kappa shape index (κ2) is 6.86. The first-order valence-electron chi connectivity index (χ1n) is 7.47. The van der Waals surface area contributed by atoms with Crippen LogP contribution < -0.4 is 10.6 Å². The lowest BCUT2D eigenvalue weighted by atomic mass is 10.1. The summed E-state index contributed by atoms with van der Waals surface area (Å²) in [4.78, 5) is 10.1. The molecule has 0 aliphatic rings. The summed E-state index contributed by atoms with van der Waals surface area (Å²) in [7, 11) is 1.97. The van der Waals surface area contributed by atoms with Crippen LogP contribution in [0.4, 0.5) is 5.82 Å². The molecule has 0 amide bonds. The molecule has 7 heteroatoms. The molecule has 0 spiro atoms. The molecule has 0 aromatic carbocycles. The van der Waals surface area contributed by atoms with Crippen molar-refractivity contribution in [2.24, 2.45) is 0 Å². The lowest BCUT2D eigenvalue weighted by Gasteiger charge is -2.08. The van der Waals surface area contributed by atoms with Crippen LogP contribution in [-0.4, -0.2) is 23.1 Å². The van der Waals surface area contributed by atoms with Crippen molar-refractivity contribution in [3.8, 4) is 0 Å². The number of anilines is 1. The Balaban J connectivity index is 1.95.